The molecule has 0 bridgehead atoms. The Bertz CT molecular complexity index is 754. The van der Waals surface area contributed by atoms with Crippen molar-refractivity contribution < 1.29 is 23.9 Å². The zero-order valence-electron chi connectivity index (χ0n) is 15.6. The molecular weight excluding hydrogens is 360 g/mol. The van der Waals surface area contributed by atoms with E-state index in [2.05, 4.69) is 5.32 Å². The van der Waals surface area contributed by atoms with Crippen LogP contribution in [0.4, 0.5) is 4.79 Å². The topological polar surface area (TPSA) is 77.1 Å². The number of ether oxygens (including phenoxy) is 2. The maximum atomic E-state index is 12.3. The first kappa shape index (κ1) is 19.9. The molecular formula is C21H24N2O5. The van der Waals surface area contributed by atoms with Gasteiger partial charge in [0.05, 0.1) is 13.2 Å². The van der Waals surface area contributed by atoms with Gasteiger partial charge in [0, 0.05) is 6.61 Å². The van der Waals surface area contributed by atoms with Crippen molar-refractivity contribution in [3.05, 3.63) is 71.8 Å². The molecule has 1 saturated heterocycles. The number of amides is 2. The van der Waals surface area contributed by atoms with E-state index >= 15 is 0 Å². The summed E-state index contributed by atoms with van der Waals surface area (Å²) >= 11 is 0. The highest BCUT2D eigenvalue weighted by atomic mass is 16.7. The molecule has 0 saturated carbocycles. The fourth-order valence-corrected chi connectivity index (χ4v) is 2.73. The van der Waals surface area contributed by atoms with Crippen LogP contribution in [0.1, 0.15) is 17.5 Å². The van der Waals surface area contributed by atoms with Crippen molar-refractivity contribution in [1.29, 1.82) is 0 Å². The van der Waals surface area contributed by atoms with Gasteiger partial charge in [0.15, 0.2) is 0 Å². The Labute approximate surface area is 164 Å². The van der Waals surface area contributed by atoms with E-state index in [1.165, 1.54) is 5.06 Å². The largest absolute Gasteiger partial charge is 0.445 e. The highest BCUT2D eigenvalue weighted by Gasteiger charge is 2.34. The average Bonchev–Trinajstić information content (AvgIpc) is 3.07. The molecule has 148 valence electrons. The van der Waals surface area contributed by atoms with Crippen LogP contribution in [0.3, 0.4) is 0 Å². The first-order chi connectivity index (χ1) is 13.7. The summed E-state index contributed by atoms with van der Waals surface area (Å²) < 4.78 is 10.7. The van der Waals surface area contributed by atoms with Crippen LogP contribution >= 0.6 is 0 Å². The lowest BCUT2D eigenvalue weighted by Crippen LogP contribution is -2.43. The summed E-state index contributed by atoms with van der Waals surface area (Å²) in [4.78, 5) is 29.5. The molecule has 28 heavy (non-hydrogen) atoms. The molecule has 3 rings (SSSR count). The SMILES string of the molecule is O=C(NC1CON(CCCOCc2ccccc2)C1=O)OCc1ccccc1. The molecule has 2 aromatic carbocycles. The van der Waals surface area contributed by atoms with Gasteiger partial charge in [0.1, 0.15) is 19.3 Å². The quantitative estimate of drug-likeness (QED) is 0.673. The number of carbonyl (C=O) groups excluding carboxylic acids is 2. The van der Waals surface area contributed by atoms with E-state index < -0.39 is 12.1 Å². The Balaban J connectivity index is 1.31. The van der Waals surface area contributed by atoms with Gasteiger partial charge in [0.25, 0.3) is 5.91 Å². The third-order valence-corrected chi connectivity index (χ3v) is 4.21. The van der Waals surface area contributed by atoms with Crippen LogP contribution in [-0.2, 0) is 32.3 Å². The lowest BCUT2D eigenvalue weighted by molar-refractivity contribution is -0.162. The lowest BCUT2D eigenvalue weighted by atomic mass is 10.2. The van der Waals surface area contributed by atoms with Crippen molar-refractivity contribution in [2.45, 2.75) is 25.7 Å². The van der Waals surface area contributed by atoms with E-state index in [9.17, 15) is 9.59 Å². The second-order valence-electron chi connectivity index (χ2n) is 6.39. The van der Waals surface area contributed by atoms with Crippen molar-refractivity contribution in [3.8, 4) is 0 Å². The van der Waals surface area contributed by atoms with Crippen LogP contribution in [-0.4, -0.2) is 42.9 Å². The first-order valence-electron chi connectivity index (χ1n) is 9.25. The normalized spacial score (nSPS) is 16.2. The number of carbonyl (C=O) groups is 2. The third-order valence-electron chi connectivity index (χ3n) is 4.21. The zero-order valence-corrected chi connectivity index (χ0v) is 15.6. The molecule has 1 atom stereocenters. The van der Waals surface area contributed by atoms with Gasteiger partial charge in [-0.15, -0.1) is 0 Å². The monoisotopic (exact) mass is 384 g/mol. The summed E-state index contributed by atoms with van der Waals surface area (Å²) in [5.41, 5.74) is 1.98. The molecule has 1 heterocycles. The summed E-state index contributed by atoms with van der Waals surface area (Å²) in [5, 5.41) is 3.82. The van der Waals surface area contributed by atoms with Crippen molar-refractivity contribution in [1.82, 2.24) is 10.4 Å². The number of alkyl carbamates (subject to hydrolysis) is 1. The Hall–Kier alpha value is -2.90. The van der Waals surface area contributed by atoms with E-state index in [0.717, 1.165) is 11.1 Å². The summed E-state index contributed by atoms with van der Waals surface area (Å²) in [6.45, 7) is 1.71. The third kappa shape index (κ3) is 6.07. The number of hydrogen-bond acceptors (Lipinski definition) is 5. The maximum absolute atomic E-state index is 12.3. The lowest BCUT2D eigenvalue weighted by Gasteiger charge is -2.14. The number of benzene rings is 2. The smallest absolute Gasteiger partial charge is 0.408 e. The predicted octanol–water partition coefficient (Wildman–Crippen LogP) is 2.66. The minimum Gasteiger partial charge on any atom is -0.445 e. The van der Waals surface area contributed by atoms with Gasteiger partial charge in [-0.2, -0.15) is 0 Å². The predicted molar refractivity (Wildman–Crippen MR) is 102 cm³/mol. The van der Waals surface area contributed by atoms with E-state index in [-0.39, 0.29) is 19.1 Å². The number of nitrogens with zero attached hydrogens (tertiary/aromatic N) is 1. The zero-order chi connectivity index (χ0) is 19.6. The van der Waals surface area contributed by atoms with Crippen molar-refractivity contribution in [2.24, 2.45) is 0 Å². The van der Waals surface area contributed by atoms with Gasteiger partial charge in [-0.05, 0) is 17.5 Å². The first-order valence-corrected chi connectivity index (χ1v) is 9.25. The van der Waals surface area contributed by atoms with E-state index in [4.69, 9.17) is 14.3 Å². The van der Waals surface area contributed by atoms with Crippen molar-refractivity contribution in [2.75, 3.05) is 19.8 Å². The molecule has 0 aliphatic carbocycles. The molecule has 0 radical (unpaired) electrons. The van der Waals surface area contributed by atoms with E-state index in [1.54, 1.807) is 0 Å². The Morgan fingerprint density at radius 1 is 1.04 bits per heavy atom. The van der Waals surface area contributed by atoms with Gasteiger partial charge in [-0.1, -0.05) is 60.7 Å². The molecule has 2 amide bonds. The van der Waals surface area contributed by atoms with Crippen LogP contribution in [0, 0.1) is 0 Å². The summed E-state index contributed by atoms with van der Waals surface area (Å²) in [7, 11) is 0. The number of nitrogens with one attached hydrogen (secondary N) is 1. The highest BCUT2D eigenvalue weighted by molar-refractivity contribution is 5.86. The van der Waals surface area contributed by atoms with Crippen LogP contribution in [0.2, 0.25) is 0 Å². The molecule has 0 spiro atoms. The molecule has 1 fully saturated rings. The van der Waals surface area contributed by atoms with Crippen molar-refractivity contribution >= 4 is 12.0 Å². The van der Waals surface area contributed by atoms with Crippen LogP contribution in [0.15, 0.2) is 60.7 Å². The number of hydroxylamine groups is 2. The van der Waals surface area contributed by atoms with Crippen LogP contribution < -0.4 is 5.32 Å². The molecule has 1 N–H and O–H groups in total. The molecule has 1 aliphatic heterocycles. The van der Waals surface area contributed by atoms with E-state index in [1.807, 2.05) is 60.7 Å². The fourth-order valence-electron chi connectivity index (χ4n) is 2.73. The minimum absolute atomic E-state index is 0.101. The second kappa shape index (κ2) is 10.4. The molecule has 1 aliphatic rings. The molecule has 2 aromatic rings. The second-order valence-corrected chi connectivity index (χ2v) is 6.39. The molecule has 1 unspecified atom stereocenters. The summed E-state index contributed by atoms with van der Waals surface area (Å²) in [6.07, 6.45) is 0.00265. The molecule has 7 nitrogen and oxygen atoms in total. The molecule has 0 aromatic heterocycles. The van der Waals surface area contributed by atoms with Gasteiger partial charge in [-0.25, -0.2) is 9.86 Å². The Morgan fingerprint density at radius 2 is 1.68 bits per heavy atom. The van der Waals surface area contributed by atoms with E-state index in [0.29, 0.717) is 26.2 Å². The maximum Gasteiger partial charge on any atom is 0.408 e. The van der Waals surface area contributed by atoms with Gasteiger partial charge >= 0.3 is 6.09 Å². The fraction of sp³-hybridized carbons (Fsp3) is 0.333. The Kier molecular flexibility index (Phi) is 7.40. The van der Waals surface area contributed by atoms with Gasteiger partial charge in [0.2, 0.25) is 0 Å². The number of rotatable bonds is 9. The average molecular weight is 384 g/mol. The Morgan fingerprint density at radius 3 is 2.36 bits per heavy atom. The highest BCUT2D eigenvalue weighted by Crippen LogP contribution is 2.10. The van der Waals surface area contributed by atoms with Crippen LogP contribution in [0.25, 0.3) is 0 Å². The van der Waals surface area contributed by atoms with Gasteiger partial charge in [-0.3, -0.25) is 9.63 Å². The van der Waals surface area contributed by atoms with Gasteiger partial charge < -0.3 is 14.8 Å². The number of hydrogen-bond donors (Lipinski definition) is 1. The minimum atomic E-state index is -0.728. The summed E-state index contributed by atoms with van der Waals surface area (Å²) in [5.74, 6) is -0.278. The van der Waals surface area contributed by atoms with Crippen LogP contribution in [0.5, 0.6) is 0 Å². The van der Waals surface area contributed by atoms with Crippen molar-refractivity contribution in [3.63, 3.8) is 0 Å². The molecule has 7 heteroatoms. The summed E-state index contributed by atoms with van der Waals surface area (Å²) in [6, 6.07) is 18.5. The standard InChI is InChI=1S/C21H24N2O5/c24-20-19(22-21(25)27-15-18-10-5-2-6-11-18)16-28-23(20)12-7-13-26-14-17-8-3-1-4-9-17/h1-6,8-11,19H,7,12-16H2,(H,22,25).